The van der Waals surface area contributed by atoms with Crippen LogP contribution in [0.25, 0.3) is 0 Å². The van der Waals surface area contributed by atoms with Crippen LogP contribution in [0.5, 0.6) is 0 Å². The second-order valence-corrected chi connectivity index (χ2v) is 8.66. The van der Waals surface area contributed by atoms with Crippen molar-refractivity contribution >= 4 is 23.2 Å². The smallest absolute Gasteiger partial charge is 0.399 e. The van der Waals surface area contributed by atoms with Crippen molar-refractivity contribution < 1.29 is 53.8 Å². The van der Waals surface area contributed by atoms with Crippen LogP contribution >= 0.6 is 0 Å². The molecule has 0 aliphatic carbocycles. The summed E-state index contributed by atoms with van der Waals surface area (Å²) in [6.45, 7) is -1.12. The number of ether oxygens (including phenoxy) is 2. The number of pyridine rings is 1. The molecule has 2 aliphatic heterocycles. The molecule has 0 bridgehead atoms. The number of carbonyl (C=O) groups is 1. The normalized spacial score (nSPS) is 22.2. The minimum atomic E-state index is -5.48. The Bertz CT molecular complexity index is 1220. The van der Waals surface area contributed by atoms with Crippen molar-refractivity contribution in [3.63, 3.8) is 0 Å². The number of hydrogen-bond donors (Lipinski definition) is 2. The van der Waals surface area contributed by atoms with Gasteiger partial charge in [-0.25, -0.2) is 14.7 Å². The first-order valence-electron chi connectivity index (χ1n) is 11.2. The molecule has 2 atom stereocenters. The molecule has 1 aromatic heterocycles. The predicted molar refractivity (Wildman–Crippen MR) is 117 cm³/mol. The first kappa shape index (κ1) is 28.5. The fraction of sp³-hybridized carbons (Fsp3) is 0.455. The third-order valence-corrected chi connectivity index (χ3v) is 6.06. The second-order valence-electron chi connectivity index (χ2n) is 8.66. The second kappa shape index (κ2) is 9.93. The van der Waals surface area contributed by atoms with Crippen LogP contribution < -0.4 is 15.5 Å². The molecule has 3 heterocycles. The lowest BCUT2D eigenvalue weighted by Gasteiger charge is -2.49. The highest BCUT2D eigenvalue weighted by Crippen LogP contribution is 2.43. The Labute approximate surface area is 214 Å². The van der Waals surface area contributed by atoms with Crippen LogP contribution in [0.3, 0.4) is 0 Å². The number of nitrogens with one attached hydrogen (secondary N) is 2. The Hall–Kier alpha value is -3.47. The van der Waals surface area contributed by atoms with Crippen LogP contribution in [0.4, 0.5) is 56.7 Å². The van der Waals surface area contributed by atoms with Crippen molar-refractivity contribution in [2.24, 2.45) is 0 Å². The Morgan fingerprint density at radius 1 is 1.03 bits per heavy atom. The van der Waals surface area contributed by atoms with E-state index in [0.29, 0.717) is 12.1 Å². The summed E-state index contributed by atoms with van der Waals surface area (Å²) in [4.78, 5) is 18.1. The lowest BCUT2D eigenvalue weighted by molar-refractivity contribution is -0.226. The fourth-order valence-corrected chi connectivity index (χ4v) is 4.44. The maximum absolute atomic E-state index is 13.6. The molecule has 1 saturated heterocycles. The van der Waals surface area contributed by atoms with E-state index in [1.807, 2.05) is 0 Å². The number of aromatic nitrogens is 1. The zero-order valence-electron chi connectivity index (χ0n) is 19.8. The number of benzene rings is 1. The van der Waals surface area contributed by atoms with Crippen LogP contribution in [-0.4, -0.2) is 67.4 Å². The molecule has 0 spiro atoms. The van der Waals surface area contributed by atoms with E-state index in [-0.39, 0.29) is 37.6 Å². The number of carbonyl (C=O) groups excluding carboxylic acids is 1. The zero-order chi connectivity index (χ0) is 28.8. The van der Waals surface area contributed by atoms with Gasteiger partial charge >= 0.3 is 30.5 Å². The van der Waals surface area contributed by atoms with Crippen molar-refractivity contribution in [2.75, 3.05) is 48.9 Å². The largest absolute Gasteiger partial charge is 0.491 e. The average molecular weight is 573 g/mol. The maximum Gasteiger partial charge on any atom is 0.491 e. The van der Waals surface area contributed by atoms with Crippen molar-refractivity contribution in [3.8, 4) is 0 Å². The van der Waals surface area contributed by atoms with Crippen LogP contribution in [0.1, 0.15) is 11.1 Å². The molecule has 2 aromatic rings. The highest BCUT2D eigenvalue weighted by Gasteiger charge is 2.55. The molecule has 2 unspecified atom stereocenters. The summed E-state index contributed by atoms with van der Waals surface area (Å²) < 4.78 is 130. The number of nitrogens with zero attached hydrogens (tertiary/aromatic N) is 3. The van der Waals surface area contributed by atoms with Crippen molar-refractivity contribution in [1.82, 2.24) is 9.88 Å². The molecule has 2 aliphatic rings. The number of methoxy groups -OCH3 is 1. The lowest BCUT2D eigenvalue weighted by Crippen LogP contribution is -2.70. The van der Waals surface area contributed by atoms with E-state index in [4.69, 9.17) is 9.47 Å². The monoisotopic (exact) mass is 573 g/mol. The Morgan fingerprint density at radius 3 is 2.33 bits per heavy atom. The summed E-state index contributed by atoms with van der Waals surface area (Å²) in [5.74, 6) is -5.64. The summed E-state index contributed by atoms with van der Waals surface area (Å²) in [5, 5.41) is 4.93. The Kier molecular flexibility index (Phi) is 7.26. The van der Waals surface area contributed by atoms with Gasteiger partial charge in [-0.1, -0.05) is 0 Å². The van der Waals surface area contributed by atoms with E-state index < -0.39 is 53.5 Å². The molecule has 17 heteroatoms. The molecule has 1 fully saturated rings. The Morgan fingerprint density at radius 2 is 1.72 bits per heavy atom. The van der Waals surface area contributed by atoms with Gasteiger partial charge in [0.2, 0.25) is 0 Å². The highest BCUT2D eigenvalue weighted by atomic mass is 19.4. The minimum Gasteiger partial charge on any atom is -0.399 e. The van der Waals surface area contributed by atoms with E-state index in [1.54, 1.807) is 0 Å². The quantitative estimate of drug-likeness (QED) is 0.400. The fourth-order valence-electron chi connectivity index (χ4n) is 4.44. The van der Waals surface area contributed by atoms with E-state index in [2.05, 4.69) is 15.6 Å². The third-order valence-electron chi connectivity index (χ3n) is 6.06. The van der Waals surface area contributed by atoms with E-state index >= 15 is 0 Å². The number of halogens is 9. The summed E-state index contributed by atoms with van der Waals surface area (Å²) in [6, 6.07) is 3.13. The van der Waals surface area contributed by atoms with E-state index in [0.717, 1.165) is 29.3 Å². The van der Waals surface area contributed by atoms with Gasteiger partial charge in [0, 0.05) is 32.9 Å². The van der Waals surface area contributed by atoms with Gasteiger partial charge in [-0.05, 0) is 30.3 Å². The zero-order valence-corrected chi connectivity index (χ0v) is 19.8. The van der Waals surface area contributed by atoms with Crippen molar-refractivity contribution in [2.45, 2.75) is 30.5 Å². The summed E-state index contributed by atoms with van der Waals surface area (Å²) in [7, 11) is 1.23. The number of anilines is 3. The topological polar surface area (TPSA) is 79.0 Å². The standard InChI is InChI=1S/C22H20F9N5O3/c1-38-11-13-10-35(17-14(20(26,27)28)3-2-6-32-17)7-8-36(13)22(39-18(37)21(29,30)31)33-15-5-4-12(19(23,24)25)9-16(15)34-22/h2-6,9,13,33-34H,7-8,10-11H2,1H3. The van der Waals surface area contributed by atoms with E-state index in [1.165, 1.54) is 12.0 Å². The van der Waals surface area contributed by atoms with Gasteiger partial charge in [0.1, 0.15) is 5.82 Å². The average Bonchev–Trinajstić information content (AvgIpc) is 3.20. The van der Waals surface area contributed by atoms with Crippen molar-refractivity contribution in [1.29, 1.82) is 0 Å². The van der Waals surface area contributed by atoms with Crippen LogP contribution in [0.15, 0.2) is 36.5 Å². The number of esters is 1. The van der Waals surface area contributed by atoms with Gasteiger partial charge in [0.05, 0.1) is 35.2 Å². The van der Waals surface area contributed by atoms with Gasteiger partial charge in [-0.3, -0.25) is 0 Å². The lowest BCUT2D eigenvalue weighted by atomic mass is 10.1. The first-order valence-corrected chi connectivity index (χ1v) is 11.2. The number of piperazine rings is 1. The molecule has 39 heavy (non-hydrogen) atoms. The molecule has 4 rings (SSSR count). The number of fused-ring (bicyclic) bond motifs is 1. The molecule has 0 amide bonds. The van der Waals surface area contributed by atoms with Gasteiger partial charge in [-0.15, -0.1) is 0 Å². The number of alkyl halides is 9. The van der Waals surface area contributed by atoms with Gasteiger partial charge < -0.3 is 25.0 Å². The maximum atomic E-state index is 13.6. The van der Waals surface area contributed by atoms with Crippen LogP contribution in [0, 0.1) is 0 Å². The third kappa shape index (κ3) is 5.78. The van der Waals surface area contributed by atoms with Gasteiger partial charge in [0.15, 0.2) is 0 Å². The van der Waals surface area contributed by atoms with Crippen LogP contribution in [0.2, 0.25) is 0 Å². The number of hydrogen-bond acceptors (Lipinski definition) is 8. The predicted octanol–water partition coefficient (Wildman–Crippen LogP) is 4.51. The molecule has 1 aromatic carbocycles. The van der Waals surface area contributed by atoms with Crippen LogP contribution in [-0.2, 0) is 26.6 Å². The molecular formula is C22H20F9N5O3. The first-order chi connectivity index (χ1) is 18.0. The summed E-state index contributed by atoms with van der Waals surface area (Å²) in [6.07, 6.45) is -13.9. The minimum absolute atomic E-state index is 0.111. The summed E-state index contributed by atoms with van der Waals surface area (Å²) in [5.41, 5.74) is -2.60. The van der Waals surface area contributed by atoms with E-state index in [9.17, 15) is 44.3 Å². The molecule has 0 radical (unpaired) electrons. The number of rotatable bonds is 5. The molecule has 2 N–H and O–H groups in total. The molecule has 214 valence electrons. The van der Waals surface area contributed by atoms with Gasteiger partial charge in [0.25, 0.3) is 0 Å². The Balaban J connectivity index is 1.71. The van der Waals surface area contributed by atoms with Gasteiger partial charge in [-0.2, -0.15) is 39.5 Å². The molecular weight excluding hydrogens is 553 g/mol. The van der Waals surface area contributed by atoms with Crippen molar-refractivity contribution in [3.05, 3.63) is 47.7 Å². The molecule has 0 saturated carbocycles. The summed E-state index contributed by atoms with van der Waals surface area (Å²) >= 11 is 0. The SMILES string of the molecule is COCC1CN(c2ncccc2C(F)(F)F)CCN1C1(OC(=O)C(F)(F)F)Nc2ccc(C(F)(F)F)cc2N1. The highest BCUT2D eigenvalue weighted by molar-refractivity contribution is 5.80. The molecule has 8 nitrogen and oxygen atoms in total.